The zero-order chi connectivity index (χ0) is 15.5. The predicted octanol–water partition coefficient (Wildman–Crippen LogP) is 3.67. The quantitative estimate of drug-likeness (QED) is 0.888. The fourth-order valence-corrected chi connectivity index (χ4v) is 3.07. The predicted molar refractivity (Wildman–Crippen MR) is 82.3 cm³/mol. The Hall–Kier alpha value is -1.84. The molecule has 0 radical (unpaired) electrons. The zero-order valence-corrected chi connectivity index (χ0v) is 12.7. The van der Waals surface area contributed by atoms with Crippen LogP contribution >= 0.6 is 0 Å². The van der Waals surface area contributed by atoms with Crippen LogP contribution in [0.2, 0.25) is 0 Å². The molecule has 4 nitrogen and oxygen atoms in total. The third-order valence-electron chi connectivity index (χ3n) is 4.43. The summed E-state index contributed by atoms with van der Waals surface area (Å²) in [6, 6.07) is 5.87. The largest absolute Gasteiger partial charge is 0.481 e. The van der Waals surface area contributed by atoms with E-state index in [4.69, 9.17) is 0 Å². The number of hydrogen-bond donors (Lipinski definition) is 2. The number of carboxylic acids is 1. The standard InChI is InChI=1S/C17H23NO3/c1-12-6-7-13(2)14(10-12)18-15(19)11-17(16(20)21)8-4-3-5-9-17/h6-7,10H,3-5,8-9,11H2,1-2H3,(H,18,19)(H,20,21). The number of aliphatic carboxylic acids is 1. The van der Waals surface area contributed by atoms with Crippen LogP contribution in [0.3, 0.4) is 0 Å². The number of hydrogen-bond acceptors (Lipinski definition) is 2. The van der Waals surface area contributed by atoms with Gasteiger partial charge in [-0.3, -0.25) is 9.59 Å². The summed E-state index contributed by atoms with van der Waals surface area (Å²) in [4.78, 5) is 23.9. The molecule has 0 aliphatic heterocycles. The maximum Gasteiger partial charge on any atom is 0.310 e. The summed E-state index contributed by atoms with van der Waals surface area (Å²) >= 11 is 0. The molecule has 0 atom stereocenters. The van der Waals surface area contributed by atoms with Gasteiger partial charge in [-0.25, -0.2) is 0 Å². The van der Waals surface area contributed by atoms with Gasteiger partial charge >= 0.3 is 5.97 Å². The molecule has 0 heterocycles. The first-order chi connectivity index (χ1) is 9.93. The minimum atomic E-state index is -0.875. The first kappa shape index (κ1) is 15.5. The average Bonchev–Trinajstić information content (AvgIpc) is 2.43. The SMILES string of the molecule is Cc1ccc(C)c(NC(=O)CC2(C(=O)O)CCCCC2)c1. The molecule has 0 aromatic heterocycles. The van der Waals surface area contributed by atoms with Crippen molar-refractivity contribution in [2.45, 2.75) is 52.4 Å². The van der Waals surface area contributed by atoms with Gasteiger partial charge in [-0.15, -0.1) is 0 Å². The van der Waals surface area contributed by atoms with E-state index in [1.54, 1.807) is 0 Å². The molecule has 114 valence electrons. The lowest BCUT2D eigenvalue weighted by Crippen LogP contribution is -2.37. The van der Waals surface area contributed by atoms with Crippen LogP contribution < -0.4 is 5.32 Å². The molecular formula is C17H23NO3. The van der Waals surface area contributed by atoms with Gasteiger partial charge < -0.3 is 10.4 Å². The molecule has 1 aromatic rings. The summed E-state index contributed by atoms with van der Waals surface area (Å²) in [5.74, 6) is -1.04. The summed E-state index contributed by atoms with van der Waals surface area (Å²) in [5, 5.41) is 12.4. The number of carbonyl (C=O) groups excluding carboxylic acids is 1. The van der Waals surface area contributed by atoms with Crippen molar-refractivity contribution in [2.24, 2.45) is 5.41 Å². The Bertz CT molecular complexity index is 545. The molecule has 1 aromatic carbocycles. The van der Waals surface area contributed by atoms with Crippen LogP contribution in [0, 0.1) is 19.3 Å². The smallest absolute Gasteiger partial charge is 0.310 e. The number of amides is 1. The summed E-state index contributed by atoms with van der Waals surface area (Å²) in [6.45, 7) is 3.90. The van der Waals surface area contributed by atoms with Crippen molar-refractivity contribution < 1.29 is 14.7 Å². The molecule has 0 saturated heterocycles. The number of aryl methyl sites for hydroxylation is 2. The summed E-state index contributed by atoms with van der Waals surface area (Å²) in [5.41, 5.74) is 1.96. The van der Waals surface area contributed by atoms with E-state index in [9.17, 15) is 14.7 Å². The average molecular weight is 289 g/mol. The van der Waals surface area contributed by atoms with Crippen molar-refractivity contribution in [2.75, 3.05) is 5.32 Å². The number of anilines is 1. The fourth-order valence-electron chi connectivity index (χ4n) is 3.07. The lowest BCUT2D eigenvalue weighted by Gasteiger charge is -2.32. The zero-order valence-electron chi connectivity index (χ0n) is 12.7. The van der Waals surface area contributed by atoms with Crippen molar-refractivity contribution in [3.8, 4) is 0 Å². The molecule has 0 unspecified atom stereocenters. The van der Waals surface area contributed by atoms with E-state index in [0.29, 0.717) is 12.8 Å². The highest BCUT2D eigenvalue weighted by atomic mass is 16.4. The van der Waals surface area contributed by atoms with E-state index in [1.807, 2.05) is 32.0 Å². The Balaban J connectivity index is 2.09. The van der Waals surface area contributed by atoms with Crippen LogP contribution in [0.25, 0.3) is 0 Å². The second kappa shape index (κ2) is 6.29. The van der Waals surface area contributed by atoms with Crippen LogP contribution in [0.5, 0.6) is 0 Å². The second-order valence-corrected chi connectivity index (χ2v) is 6.19. The maximum atomic E-state index is 12.3. The highest BCUT2D eigenvalue weighted by Gasteiger charge is 2.41. The number of nitrogens with one attached hydrogen (secondary N) is 1. The number of carboxylic acid groups (broad SMARTS) is 1. The first-order valence-electron chi connectivity index (χ1n) is 7.53. The van der Waals surface area contributed by atoms with Gasteiger partial charge in [0, 0.05) is 12.1 Å². The molecule has 1 amide bonds. The molecule has 0 spiro atoms. The van der Waals surface area contributed by atoms with Crippen molar-refractivity contribution >= 4 is 17.6 Å². The van der Waals surface area contributed by atoms with E-state index in [2.05, 4.69) is 5.32 Å². The number of carbonyl (C=O) groups is 2. The number of rotatable bonds is 4. The van der Waals surface area contributed by atoms with Crippen molar-refractivity contribution in [3.05, 3.63) is 29.3 Å². The van der Waals surface area contributed by atoms with Gasteiger partial charge in [-0.1, -0.05) is 31.4 Å². The molecule has 2 rings (SSSR count). The van der Waals surface area contributed by atoms with E-state index < -0.39 is 11.4 Å². The first-order valence-corrected chi connectivity index (χ1v) is 7.53. The van der Waals surface area contributed by atoms with Gasteiger partial charge in [-0.05, 0) is 43.9 Å². The van der Waals surface area contributed by atoms with E-state index >= 15 is 0 Å². The normalized spacial score (nSPS) is 17.2. The Morgan fingerprint density at radius 2 is 1.86 bits per heavy atom. The summed E-state index contributed by atoms with van der Waals surface area (Å²) in [6.07, 6.45) is 4.11. The van der Waals surface area contributed by atoms with Crippen LogP contribution in [0.4, 0.5) is 5.69 Å². The molecule has 0 bridgehead atoms. The monoisotopic (exact) mass is 289 g/mol. The van der Waals surface area contributed by atoms with Gasteiger partial charge in [0.05, 0.1) is 5.41 Å². The Morgan fingerprint density at radius 1 is 1.19 bits per heavy atom. The molecule has 1 aliphatic rings. The fraction of sp³-hybridized carbons (Fsp3) is 0.529. The van der Waals surface area contributed by atoms with Crippen LogP contribution in [-0.2, 0) is 9.59 Å². The molecule has 21 heavy (non-hydrogen) atoms. The van der Waals surface area contributed by atoms with Gasteiger partial charge in [0.1, 0.15) is 0 Å². The highest BCUT2D eigenvalue weighted by Crippen LogP contribution is 2.39. The lowest BCUT2D eigenvalue weighted by atomic mass is 9.71. The van der Waals surface area contributed by atoms with Crippen LogP contribution in [0.15, 0.2) is 18.2 Å². The Labute approximate surface area is 125 Å². The minimum absolute atomic E-state index is 0.0652. The van der Waals surface area contributed by atoms with Gasteiger partial charge in [-0.2, -0.15) is 0 Å². The second-order valence-electron chi connectivity index (χ2n) is 6.19. The Morgan fingerprint density at radius 3 is 2.48 bits per heavy atom. The van der Waals surface area contributed by atoms with Gasteiger partial charge in [0.25, 0.3) is 0 Å². The molecule has 1 aliphatic carbocycles. The third kappa shape index (κ3) is 3.63. The topological polar surface area (TPSA) is 66.4 Å². The Kier molecular flexibility index (Phi) is 4.66. The number of benzene rings is 1. The molecule has 4 heteroatoms. The lowest BCUT2D eigenvalue weighted by molar-refractivity contribution is -0.153. The van der Waals surface area contributed by atoms with E-state index in [1.165, 1.54) is 0 Å². The van der Waals surface area contributed by atoms with Crippen molar-refractivity contribution in [1.82, 2.24) is 0 Å². The van der Waals surface area contributed by atoms with Crippen molar-refractivity contribution in [1.29, 1.82) is 0 Å². The molecular weight excluding hydrogens is 266 g/mol. The maximum absolute atomic E-state index is 12.3. The van der Waals surface area contributed by atoms with E-state index in [-0.39, 0.29) is 12.3 Å². The highest BCUT2D eigenvalue weighted by molar-refractivity contribution is 5.95. The van der Waals surface area contributed by atoms with Crippen LogP contribution in [0.1, 0.15) is 49.7 Å². The molecule has 1 saturated carbocycles. The molecule has 1 fully saturated rings. The minimum Gasteiger partial charge on any atom is -0.481 e. The summed E-state index contributed by atoms with van der Waals surface area (Å²) in [7, 11) is 0. The van der Waals surface area contributed by atoms with Gasteiger partial charge in [0.15, 0.2) is 0 Å². The van der Waals surface area contributed by atoms with Crippen molar-refractivity contribution in [3.63, 3.8) is 0 Å². The van der Waals surface area contributed by atoms with Crippen LogP contribution in [-0.4, -0.2) is 17.0 Å². The third-order valence-corrected chi connectivity index (χ3v) is 4.43. The van der Waals surface area contributed by atoms with E-state index in [0.717, 1.165) is 36.1 Å². The summed E-state index contributed by atoms with van der Waals surface area (Å²) < 4.78 is 0. The van der Waals surface area contributed by atoms with Gasteiger partial charge in [0.2, 0.25) is 5.91 Å². The molecule has 2 N–H and O–H groups in total.